The number of fused-ring (bicyclic) bond motifs is 1. The third-order valence-electron chi connectivity index (χ3n) is 2.51. The quantitative estimate of drug-likeness (QED) is 0.782. The number of anilines is 1. The maximum absolute atomic E-state index is 11.7. The predicted molar refractivity (Wildman–Crippen MR) is 63.1 cm³/mol. The molecule has 0 aromatic heterocycles. The SMILES string of the molecule is NC(=O)[C@H]1CN(C(=O)CCl)c2ccccc2O1. The van der Waals surface area contributed by atoms with Gasteiger partial charge in [0, 0.05) is 0 Å². The average molecular weight is 255 g/mol. The van der Waals surface area contributed by atoms with E-state index < -0.39 is 12.0 Å². The standard InChI is InChI=1S/C11H11ClN2O3/c12-5-10(15)14-6-9(11(13)16)17-8-4-2-1-3-7(8)14/h1-4,9H,5-6H2,(H2,13,16)/t9-/m1/s1. The lowest BCUT2D eigenvalue weighted by atomic mass is 10.2. The Bertz CT molecular complexity index is 464. The number of nitrogens with zero attached hydrogens (tertiary/aromatic N) is 1. The highest BCUT2D eigenvalue weighted by atomic mass is 35.5. The minimum Gasteiger partial charge on any atom is -0.477 e. The normalized spacial score (nSPS) is 18.2. The molecule has 0 radical (unpaired) electrons. The summed E-state index contributed by atoms with van der Waals surface area (Å²) in [5.74, 6) is -0.582. The predicted octanol–water partition coefficient (Wildman–Crippen LogP) is 0.505. The molecule has 17 heavy (non-hydrogen) atoms. The van der Waals surface area contributed by atoms with Gasteiger partial charge in [-0.2, -0.15) is 0 Å². The van der Waals surface area contributed by atoms with E-state index in [2.05, 4.69) is 0 Å². The molecule has 1 atom stereocenters. The summed E-state index contributed by atoms with van der Waals surface area (Å²) in [6.07, 6.45) is -0.836. The number of halogens is 1. The molecule has 1 aromatic carbocycles. The van der Waals surface area contributed by atoms with Gasteiger partial charge in [-0.25, -0.2) is 0 Å². The molecule has 1 heterocycles. The number of nitrogens with two attached hydrogens (primary N) is 1. The molecule has 90 valence electrons. The van der Waals surface area contributed by atoms with Crippen LogP contribution in [0.2, 0.25) is 0 Å². The lowest BCUT2D eigenvalue weighted by molar-refractivity contribution is -0.125. The summed E-state index contributed by atoms with van der Waals surface area (Å²) in [7, 11) is 0. The van der Waals surface area contributed by atoms with Crippen LogP contribution in [0.3, 0.4) is 0 Å². The van der Waals surface area contributed by atoms with Gasteiger partial charge in [-0.3, -0.25) is 9.59 Å². The molecule has 0 aliphatic carbocycles. The number of hydrogen-bond acceptors (Lipinski definition) is 3. The summed E-state index contributed by atoms with van der Waals surface area (Å²) in [6.45, 7) is 0.0951. The number of carbonyl (C=O) groups is 2. The number of amides is 2. The Morgan fingerprint density at radius 3 is 2.82 bits per heavy atom. The third-order valence-corrected chi connectivity index (χ3v) is 2.74. The van der Waals surface area contributed by atoms with Crippen molar-refractivity contribution in [2.24, 2.45) is 5.73 Å². The minimum absolute atomic E-state index is 0.0951. The Morgan fingerprint density at radius 2 is 2.18 bits per heavy atom. The van der Waals surface area contributed by atoms with E-state index in [1.807, 2.05) is 0 Å². The Hall–Kier alpha value is -1.75. The topological polar surface area (TPSA) is 72.6 Å². The molecule has 0 bridgehead atoms. The first kappa shape index (κ1) is 11.7. The van der Waals surface area contributed by atoms with E-state index in [-0.39, 0.29) is 18.3 Å². The van der Waals surface area contributed by atoms with Gasteiger partial charge >= 0.3 is 0 Å². The number of hydrogen-bond donors (Lipinski definition) is 1. The van der Waals surface area contributed by atoms with Gasteiger partial charge < -0.3 is 15.4 Å². The van der Waals surface area contributed by atoms with Crippen molar-refractivity contribution in [2.45, 2.75) is 6.10 Å². The van der Waals surface area contributed by atoms with Crippen LogP contribution in [-0.2, 0) is 9.59 Å². The van der Waals surface area contributed by atoms with Crippen LogP contribution in [0.25, 0.3) is 0 Å². The minimum atomic E-state index is -0.836. The van der Waals surface area contributed by atoms with Crippen LogP contribution < -0.4 is 15.4 Å². The van der Waals surface area contributed by atoms with Gasteiger partial charge in [0.1, 0.15) is 11.6 Å². The van der Waals surface area contributed by atoms with Crippen molar-refractivity contribution in [1.82, 2.24) is 0 Å². The highest BCUT2D eigenvalue weighted by molar-refractivity contribution is 6.29. The van der Waals surface area contributed by atoms with Gasteiger partial charge in [0.15, 0.2) is 6.10 Å². The summed E-state index contributed by atoms with van der Waals surface area (Å²) in [5.41, 5.74) is 5.80. The number of carbonyl (C=O) groups excluding carboxylic acids is 2. The van der Waals surface area contributed by atoms with Crippen molar-refractivity contribution in [3.8, 4) is 5.75 Å². The zero-order chi connectivity index (χ0) is 12.4. The molecule has 0 unspecified atom stereocenters. The summed E-state index contributed by atoms with van der Waals surface area (Å²) in [4.78, 5) is 24.2. The summed E-state index contributed by atoms with van der Waals surface area (Å²) >= 11 is 5.53. The second-order valence-corrected chi connectivity index (χ2v) is 3.88. The first-order valence-electron chi connectivity index (χ1n) is 5.05. The summed E-state index contributed by atoms with van der Waals surface area (Å²) in [6, 6.07) is 6.95. The molecular weight excluding hydrogens is 244 g/mol. The fourth-order valence-electron chi connectivity index (χ4n) is 1.69. The van der Waals surface area contributed by atoms with Crippen molar-refractivity contribution in [3.05, 3.63) is 24.3 Å². The van der Waals surface area contributed by atoms with Gasteiger partial charge in [0.25, 0.3) is 5.91 Å². The fourth-order valence-corrected chi connectivity index (χ4v) is 1.84. The van der Waals surface area contributed by atoms with Gasteiger partial charge in [-0.05, 0) is 12.1 Å². The van der Waals surface area contributed by atoms with Crippen LogP contribution in [0, 0.1) is 0 Å². The number of rotatable bonds is 2. The van der Waals surface area contributed by atoms with E-state index in [1.54, 1.807) is 24.3 Å². The highest BCUT2D eigenvalue weighted by Gasteiger charge is 2.31. The largest absolute Gasteiger partial charge is 0.477 e. The Morgan fingerprint density at radius 1 is 1.47 bits per heavy atom. The Kier molecular flexibility index (Phi) is 3.19. The molecule has 6 heteroatoms. The summed E-state index contributed by atoms with van der Waals surface area (Å²) < 4.78 is 5.41. The lowest BCUT2D eigenvalue weighted by Crippen LogP contribution is -2.49. The molecule has 2 amide bonds. The van der Waals surface area contributed by atoms with E-state index in [0.29, 0.717) is 11.4 Å². The summed E-state index contributed by atoms with van der Waals surface area (Å²) in [5, 5.41) is 0. The van der Waals surface area contributed by atoms with Crippen molar-refractivity contribution < 1.29 is 14.3 Å². The fraction of sp³-hybridized carbons (Fsp3) is 0.273. The lowest BCUT2D eigenvalue weighted by Gasteiger charge is -2.33. The van der Waals surface area contributed by atoms with E-state index >= 15 is 0 Å². The zero-order valence-corrected chi connectivity index (χ0v) is 9.68. The first-order chi connectivity index (χ1) is 8.13. The number of benzene rings is 1. The molecule has 0 fully saturated rings. The highest BCUT2D eigenvalue weighted by Crippen LogP contribution is 2.33. The molecule has 0 saturated heterocycles. The van der Waals surface area contributed by atoms with E-state index in [4.69, 9.17) is 22.1 Å². The molecular formula is C11H11ClN2O3. The Balaban J connectivity index is 2.39. The van der Waals surface area contributed by atoms with Crippen LogP contribution in [0.4, 0.5) is 5.69 Å². The van der Waals surface area contributed by atoms with E-state index in [0.717, 1.165) is 0 Å². The van der Waals surface area contributed by atoms with Crippen molar-refractivity contribution in [3.63, 3.8) is 0 Å². The van der Waals surface area contributed by atoms with E-state index in [1.165, 1.54) is 4.90 Å². The molecule has 0 saturated carbocycles. The van der Waals surface area contributed by atoms with Crippen LogP contribution in [0.15, 0.2) is 24.3 Å². The van der Waals surface area contributed by atoms with Crippen molar-refractivity contribution >= 4 is 29.1 Å². The number of alkyl halides is 1. The monoisotopic (exact) mass is 254 g/mol. The van der Waals surface area contributed by atoms with Gasteiger partial charge in [-0.15, -0.1) is 11.6 Å². The maximum atomic E-state index is 11.7. The van der Waals surface area contributed by atoms with Gasteiger partial charge in [-0.1, -0.05) is 12.1 Å². The number of primary amides is 1. The Labute approximate surface area is 103 Å². The average Bonchev–Trinajstić information content (AvgIpc) is 2.36. The number of ether oxygens (including phenoxy) is 1. The number of para-hydroxylation sites is 2. The van der Waals surface area contributed by atoms with Crippen molar-refractivity contribution in [2.75, 3.05) is 17.3 Å². The molecule has 1 aromatic rings. The van der Waals surface area contributed by atoms with E-state index in [9.17, 15) is 9.59 Å². The van der Waals surface area contributed by atoms with Gasteiger partial charge in [0.05, 0.1) is 12.2 Å². The smallest absolute Gasteiger partial charge is 0.260 e. The second-order valence-electron chi connectivity index (χ2n) is 3.61. The molecule has 0 spiro atoms. The van der Waals surface area contributed by atoms with Crippen LogP contribution in [0.1, 0.15) is 0 Å². The first-order valence-corrected chi connectivity index (χ1v) is 5.58. The van der Waals surface area contributed by atoms with Crippen LogP contribution in [-0.4, -0.2) is 30.3 Å². The van der Waals surface area contributed by atoms with Crippen molar-refractivity contribution in [1.29, 1.82) is 0 Å². The molecule has 1 aliphatic heterocycles. The van der Waals surface area contributed by atoms with Crippen LogP contribution in [0.5, 0.6) is 5.75 Å². The second kappa shape index (κ2) is 4.63. The molecule has 1 aliphatic rings. The van der Waals surface area contributed by atoms with Gasteiger partial charge in [0.2, 0.25) is 5.91 Å². The maximum Gasteiger partial charge on any atom is 0.260 e. The molecule has 2 rings (SSSR count). The molecule has 2 N–H and O–H groups in total. The zero-order valence-electron chi connectivity index (χ0n) is 8.93. The molecule has 5 nitrogen and oxygen atoms in total. The third kappa shape index (κ3) is 2.19. The van der Waals surface area contributed by atoms with Crippen LogP contribution >= 0.6 is 11.6 Å².